The van der Waals surface area contributed by atoms with Gasteiger partial charge >= 0.3 is 11.1 Å². The fourth-order valence-corrected chi connectivity index (χ4v) is 4.30. The normalized spacial score (nSPS) is 24.4. The van der Waals surface area contributed by atoms with Gasteiger partial charge in [-0.25, -0.2) is 5.10 Å². The molecule has 1 unspecified atom stereocenters. The minimum absolute atomic E-state index is 0.0433. The number of nitrogens with two attached hydrogens (primary N) is 1. The summed E-state index contributed by atoms with van der Waals surface area (Å²) in [5.41, 5.74) is 5.39. The average Bonchev–Trinajstić information content (AvgIpc) is 2.51. The number of amides is 1. The molecule has 3 N–H and O–H groups in total. The lowest BCUT2D eigenvalue weighted by molar-refractivity contribution is -0.140. The molecule has 21 heavy (non-hydrogen) atoms. The van der Waals surface area contributed by atoms with E-state index in [0.717, 1.165) is 11.3 Å². The Morgan fingerprint density at radius 1 is 1.52 bits per heavy atom. The predicted octanol–water partition coefficient (Wildman–Crippen LogP) is -1.31. The minimum Gasteiger partial charge on any atom is -0.317 e. The molecular formula is C11H13N5O3S2. The molecule has 0 aromatic carbocycles. The molecule has 8 nitrogen and oxygen atoms in total. The molecule has 2 aliphatic heterocycles. The zero-order valence-electron chi connectivity index (χ0n) is 11.1. The van der Waals surface area contributed by atoms with Crippen LogP contribution in [-0.4, -0.2) is 48.5 Å². The molecule has 112 valence electrons. The summed E-state index contributed by atoms with van der Waals surface area (Å²) in [6, 6.07) is -0.401. The van der Waals surface area contributed by atoms with E-state index in [1.54, 1.807) is 16.7 Å². The van der Waals surface area contributed by atoms with E-state index in [0.29, 0.717) is 10.9 Å². The molecule has 3 rings (SSSR count). The summed E-state index contributed by atoms with van der Waals surface area (Å²) in [6.45, 7) is 0. The number of aromatic nitrogens is 3. The van der Waals surface area contributed by atoms with E-state index in [-0.39, 0.29) is 11.3 Å². The SMILES string of the molecule is Cn1c(SCC2=CN3C(=O)C(N)[C@@H]3SC2)n[nH]c(=O)c1=O. The molecule has 1 aromatic heterocycles. The van der Waals surface area contributed by atoms with Crippen LogP contribution < -0.4 is 16.9 Å². The molecule has 1 amide bonds. The third-order valence-corrected chi connectivity index (χ3v) is 5.85. The molecule has 0 spiro atoms. The molecular weight excluding hydrogens is 314 g/mol. The lowest BCUT2D eigenvalue weighted by atomic mass is 10.1. The number of carbonyl (C=O) groups excluding carboxylic acids is 1. The van der Waals surface area contributed by atoms with Crippen molar-refractivity contribution in [1.82, 2.24) is 19.7 Å². The third kappa shape index (κ3) is 2.43. The van der Waals surface area contributed by atoms with Crippen LogP contribution in [0.2, 0.25) is 0 Å². The smallest absolute Gasteiger partial charge is 0.317 e. The quantitative estimate of drug-likeness (QED) is 0.402. The van der Waals surface area contributed by atoms with Crippen molar-refractivity contribution in [3.63, 3.8) is 0 Å². The summed E-state index contributed by atoms with van der Waals surface area (Å²) >= 11 is 2.97. The lowest BCUT2D eigenvalue weighted by Gasteiger charge is -2.45. The molecule has 1 aromatic rings. The number of aromatic amines is 1. The maximum absolute atomic E-state index is 11.6. The van der Waals surface area contributed by atoms with Crippen molar-refractivity contribution in [2.75, 3.05) is 11.5 Å². The second-order valence-corrected chi connectivity index (χ2v) is 6.80. The van der Waals surface area contributed by atoms with E-state index in [2.05, 4.69) is 10.2 Å². The van der Waals surface area contributed by atoms with Gasteiger partial charge in [-0.05, 0) is 5.57 Å². The number of carbonyl (C=O) groups is 1. The maximum atomic E-state index is 11.6. The van der Waals surface area contributed by atoms with Gasteiger partial charge in [0.25, 0.3) is 0 Å². The van der Waals surface area contributed by atoms with Crippen molar-refractivity contribution in [3.8, 4) is 0 Å². The Bertz CT molecular complexity index is 740. The summed E-state index contributed by atoms with van der Waals surface area (Å²) in [4.78, 5) is 35.9. The van der Waals surface area contributed by atoms with Crippen LogP contribution in [-0.2, 0) is 11.8 Å². The highest BCUT2D eigenvalue weighted by Crippen LogP contribution is 2.36. The first kappa shape index (κ1) is 14.4. The standard InChI is InChI=1S/C11H13N5O3S2/c1-15-9(19)7(17)13-14-11(15)21-4-5-2-16-8(18)6(12)10(16)20-3-5/h2,6,10H,3-4,12H2,1H3,(H,13,17)/t6?,10-/m0/s1. The Morgan fingerprint density at radius 2 is 2.29 bits per heavy atom. The van der Waals surface area contributed by atoms with Crippen LogP contribution >= 0.6 is 23.5 Å². The fraction of sp³-hybridized carbons (Fsp3) is 0.455. The van der Waals surface area contributed by atoms with Crippen LogP contribution in [0.4, 0.5) is 0 Å². The van der Waals surface area contributed by atoms with E-state index in [1.165, 1.54) is 23.4 Å². The zero-order chi connectivity index (χ0) is 15.1. The molecule has 0 saturated carbocycles. The Morgan fingerprint density at radius 3 is 3.05 bits per heavy atom. The highest BCUT2D eigenvalue weighted by atomic mass is 32.2. The highest BCUT2D eigenvalue weighted by molar-refractivity contribution is 8.01. The average molecular weight is 327 g/mol. The van der Waals surface area contributed by atoms with Gasteiger partial charge in [-0.3, -0.25) is 19.0 Å². The van der Waals surface area contributed by atoms with Gasteiger partial charge < -0.3 is 10.6 Å². The van der Waals surface area contributed by atoms with Crippen LogP contribution in [0, 0.1) is 0 Å². The van der Waals surface area contributed by atoms with Crippen LogP contribution in [0.25, 0.3) is 0 Å². The molecule has 0 radical (unpaired) electrons. The number of hydrogen-bond acceptors (Lipinski definition) is 7. The number of thioether (sulfide) groups is 2. The molecule has 2 atom stereocenters. The number of rotatable bonds is 3. The van der Waals surface area contributed by atoms with Crippen LogP contribution in [0.1, 0.15) is 0 Å². The molecule has 0 aliphatic carbocycles. The van der Waals surface area contributed by atoms with E-state index >= 15 is 0 Å². The van der Waals surface area contributed by atoms with Crippen molar-refractivity contribution in [1.29, 1.82) is 0 Å². The van der Waals surface area contributed by atoms with Crippen molar-refractivity contribution >= 4 is 29.4 Å². The Labute approximate surface area is 127 Å². The van der Waals surface area contributed by atoms with Gasteiger partial charge in [0.1, 0.15) is 11.4 Å². The third-order valence-electron chi connectivity index (χ3n) is 3.31. The van der Waals surface area contributed by atoms with Gasteiger partial charge in [0.05, 0.1) is 0 Å². The van der Waals surface area contributed by atoms with Crippen LogP contribution in [0.3, 0.4) is 0 Å². The highest BCUT2D eigenvalue weighted by Gasteiger charge is 2.46. The second-order valence-electron chi connectivity index (χ2n) is 4.75. The van der Waals surface area contributed by atoms with Gasteiger partial charge in [0.2, 0.25) is 5.91 Å². The zero-order valence-corrected chi connectivity index (χ0v) is 12.7. The molecule has 1 saturated heterocycles. The number of fused-ring (bicyclic) bond motifs is 1. The number of H-pyrrole nitrogens is 1. The summed E-state index contributed by atoms with van der Waals surface area (Å²) < 4.78 is 1.22. The Hall–Kier alpha value is -1.52. The van der Waals surface area contributed by atoms with E-state index < -0.39 is 17.2 Å². The minimum atomic E-state index is -0.739. The van der Waals surface area contributed by atoms with Crippen molar-refractivity contribution in [2.45, 2.75) is 16.6 Å². The molecule has 10 heteroatoms. The summed E-state index contributed by atoms with van der Waals surface area (Å²) in [6.07, 6.45) is 1.82. The summed E-state index contributed by atoms with van der Waals surface area (Å²) in [5, 5.41) is 6.50. The van der Waals surface area contributed by atoms with E-state index in [4.69, 9.17) is 5.73 Å². The molecule has 0 bridgehead atoms. The lowest BCUT2D eigenvalue weighted by Crippen LogP contribution is -2.66. The number of nitrogens with zero attached hydrogens (tertiary/aromatic N) is 3. The topological polar surface area (TPSA) is 114 Å². The first-order valence-electron chi connectivity index (χ1n) is 6.16. The van der Waals surface area contributed by atoms with Gasteiger partial charge in [-0.15, -0.1) is 16.9 Å². The van der Waals surface area contributed by atoms with Crippen molar-refractivity contribution in [3.05, 3.63) is 32.5 Å². The molecule has 1 fully saturated rings. The Kier molecular flexibility index (Phi) is 3.68. The first-order chi connectivity index (χ1) is 9.99. The van der Waals surface area contributed by atoms with Crippen molar-refractivity contribution < 1.29 is 4.79 Å². The second kappa shape index (κ2) is 5.35. The van der Waals surface area contributed by atoms with E-state index in [1.807, 2.05) is 6.20 Å². The molecule has 2 aliphatic rings. The number of hydrogen-bond donors (Lipinski definition) is 2. The predicted molar refractivity (Wildman–Crippen MR) is 80.0 cm³/mol. The fourth-order valence-electron chi connectivity index (χ4n) is 2.08. The van der Waals surface area contributed by atoms with Gasteiger partial charge in [-0.2, -0.15) is 0 Å². The van der Waals surface area contributed by atoms with Crippen LogP contribution in [0.5, 0.6) is 0 Å². The van der Waals surface area contributed by atoms with Gasteiger partial charge in [0.15, 0.2) is 5.16 Å². The maximum Gasteiger partial charge on any atom is 0.330 e. The van der Waals surface area contributed by atoms with Gasteiger partial charge in [-0.1, -0.05) is 11.8 Å². The molecule has 3 heterocycles. The van der Waals surface area contributed by atoms with E-state index in [9.17, 15) is 14.4 Å². The largest absolute Gasteiger partial charge is 0.330 e. The number of β-lactam (4-membered cyclic amide) rings is 1. The number of nitrogens with one attached hydrogen (secondary N) is 1. The van der Waals surface area contributed by atoms with Crippen molar-refractivity contribution in [2.24, 2.45) is 12.8 Å². The summed E-state index contributed by atoms with van der Waals surface area (Å²) in [7, 11) is 1.50. The summed E-state index contributed by atoms with van der Waals surface area (Å²) in [5.74, 6) is 1.31. The van der Waals surface area contributed by atoms with Gasteiger partial charge in [0, 0.05) is 24.8 Å². The first-order valence-corrected chi connectivity index (χ1v) is 8.20. The van der Waals surface area contributed by atoms with Crippen LogP contribution in [0.15, 0.2) is 26.5 Å². The monoisotopic (exact) mass is 327 g/mol. The Balaban J connectivity index is 1.71.